The number of hydrogen-bond donors (Lipinski definition) is 1. The molecule has 0 saturated carbocycles. The third-order valence-electron chi connectivity index (χ3n) is 1.32. The van der Waals surface area contributed by atoms with Crippen molar-refractivity contribution in [3.63, 3.8) is 0 Å². The number of benzene rings is 1. The minimum Gasteiger partial charge on any atom is -0.412 e. The summed E-state index contributed by atoms with van der Waals surface area (Å²) in [5.41, 5.74) is 0.956. The monoisotopic (exact) mass is 344 g/mol. The van der Waals surface area contributed by atoms with Crippen LogP contribution in [-0.2, 0) is 29.6 Å². The summed E-state index contributed by atoms with van der Waals surface area (Å²) in [5.74, 6) is 0. The molecule has 0 aliphatic carbocycles. The summed E-state index contributed by atoms with van der Waals surface area (Å²) in [6.45, 7) is 1.84. The van der Waals surface area contributed by atoms with E-state index in [9.17, 15) is 8.42 Å². The molecule has 110 valence electrons. The zero-order valence-corrected chi connectivity index (χ0v) is 13.5. The van der Waals surface area contributed by atoms with E-state index < -0.39 is 10.1 Å². The van der Waals surface area contributed by atoms with Gasteiger partial charge in [-0.2, -0.15) is 8.42 Å². The van der Waals surface area contributed by atoms with Crippen LogP contribution in [0.4, 0.5) is 0 Å². The van der Waals surface area contributed by atoms with Crippen LogP contribution in [0.1, 0.15) is 5.56 Å². The van der Waals surface area contributed by atoms with Gasteiger partial charge in [0.15, 0.2) is 0 Å². The maximum atomic E-state index is 10.5. The standard InChI is InChI=1S/C7H8O3S.6H2O.Zn/c1-6-2-4-7(5-3-6)11(8,9)10;;;;;;;/h2-5H,1H3,(H,8,9,10);6*1H2;. The minimum atomic E-state index is -4.02. The van der Waals surface area contributed by atoms with Crippen LogP contribution >= 0.6 is 0 Å². The first-order valence-corrected chi connectivity index (χ1v) is 4.48. The van der Waals surface area contributed by atoms with Gasteiger partial charge in [-0.15, -0.1) is 0 Å². The van der Waals surface area contributed by atoms with Crippen LogP contribution < -0.4 is 0 Å². The average Bonchev–Trinajstić information content (AvgIpc) is 1.86. The first-order valence-electron chi connectivity index (χ1n) is 3.04. The minimum absolute atomic E-state index is 0. The third-order valence-corrected chi connectivity index (χ3v) is 2.19. The van der Waals surface area contributed by atoms with Gasteiger partial charge < -0.3 is 32.9 Å². The predicted molar refractivity (Wildman–Crippen MR) is 62.7 cm³/mol. The molecule has 0 aromatic heterocycles. The van der Waals surface area contributed by atoms with Crippen molar-refractivity contribution in [2.45, 2.75) is 11.8 Å². The first-order chi connectivity index (χ1) is 5.00. The van der Waals surface area contributed by atoms with Crippen LogP contribution in [0.2, 0.25) is 0 Å². The van der Waals surface area contributed by atoms with Gasteiger partial charge in [0.05, 0.1) is 4.90 Å². The summed E-state index contributed by atoms with van der Waals surface area (Å²) in [6, 6.07) is 5.99. The molecule has 0 spiro atoms. The molecule has 1 aromatic carbocycles. The Bertz CT molecular complexity index is 350. The SMILES string of the molecule is Cc1ccc(S(=O)(=O)O)cc1.O.O.O.O.O.O.[Zn]. The van der Waals surface area contributed by atoms with Gasteiger partial charge in [0.2, 0.25) is 0 Å². The van der Waals surface area contributed by atoms with E-state index in [1.807, 2.05) is 6.92 Å². The summed E-state index contributed by atoms with van der Waals surface area (Å²) >= 11 is 0. The van der Waals surface area contributed by atoms with Crippen molar-refractivity contribution in [3.8, 4) is 0 Å². The van der Waals surface area contributed by atoms with Gasteiger partial charge in [0.25, 0.3) is 10.1 Å². The second kappa shape index (κ2) is 16.5. The van der Waals surface area contributed by atoms with Gasteiger partial charge in [-0.05, 0) is 19.1 Å². The van der Waals surface area contributed by atoms with Crippen LogP contribution in [0.5, 0.6) is 0 Å². The summed E-state index contributed by atoms with van der Waals surface area (Å²) in [6.07, 6.45) is 0. The Morgan fingerprint density at radius 1 is 0.833 bits per heavy atom. The average molecular weight is 346 g/mol. The van der Waals surface area contributed by atoms with E-state index in [2.05, 4.69) is 0 Å². The second-order valence-electron chi connectivity index (χ2n) is 2.29. The molecule has 0 bridgehead atoms. The molecule has 9 nitrogen and oxygen atoms in total. The zero-order chi connectivity index (χ0) is 8.48. The third kappa shape index (κ3) is 13.6. The molecule has 11 heteroatoms. The molecule has 0 amide bonds. The van der Waals surface area contributed by atoms with Gasteiger partial charge in [-0.3, -0.25) is 4.55 Å². The van der Waals surface area contributed by atoms with E-state index in [1.165, 1.54) is 12.1 Å². The molecular weight excluding hydrogens is 326 g/mol. The van der Waals surface area contributed by atoms with E-state index in [-0.39, 0.29) is 57.2 Å². The van der Waals surface area contributed by atoms with E-state index in [0.717, 1.165) is 5.56 Å². The molecule has 18 heavy (non-hydrogen) atoms. The number of rotatable bonds is 1. The van der Waals surface area contributed by atoms with Crippen molar-refractivity contribution in [3.05, 3.63) is 29.8 Å². The van der Waals surface area contributed by atoms with Gasteiger partial charge in [-0.1, -0.05) is 17.7 Å². The smallest absolute Gasteiger partial charge is 0.294 e. The second-order valence-corrected chi connectivity index (χ2v) is 3.71. The quantitative estimate of drug-likeness (QED) is 0.398. The van der Waals surface area contributed by atoms with Crippen molar-refractivity contribution in [2.24, 2.45) is 0 Å². The van der Waals surface area contributed by atoms with Crippen LogP contribution in [0, 0.1) is 6.92 Å². The van der Waals surface area contributed by atoms with Crippen LogP contribution in [-0.4, -0.2) is 45.8 Å². The Hall–Kier alpha value is -0.487. The fourth-order valence-electron chi connectivity index (χ4n) is 0.710. The van der Waals surface area contributed by atoms with Gasteiger partial charge in [-0.25, -0.2) is 0 Å². The fraction of sp³-hybridized carbons (Fsp3) is 0.143. The number of aryl methyl sites for hydroxylation is 1. The van der Waals surface area contributed by atoms with E-state index >= 15 is 0 Å². The molecule has 13 N–H and O–H groups in total. The van der Waals surface area contributed by atoms with E-state index in [1.54, 1.807) is 12.1 Å². The first kappa shape index (κ1) is 43.2. The molecule has 0 fully saturated rings. The van der Waals surface area contributed by atoms with Crippen LogP contribution in [0.15, 0.2) is 29.2 Å². The predicted octanol–water partition coefficient (Wildman–Crippen LogP) is -3.71. The molecule has 0 atom stereocenters. The molecule has 0 radical (unpaired) electrons. The topological polar surface area (TPSA) is 243 Å². The fourth-order valence-corrected chi connectivity index (χ4v) is 1.19. The van der Waals surface area contributed by atoms with Gasteiger partial charge in [0, 0.05) is 19.5 Å². The van der Waals surface area contributed by atoms with Gasteiger partial charge >= 0.3 is 0 Å². The van der Waals surface area contributed by atoms with Crippen molar-refractivity contribution >= 4 is 10.1 Å². The Morgan fingerprint density at radius 2 is 1.11 bits per heavy atom. The van der Waals surface area contributed by atoms with E-state index in [0.29, 0.717) is 0 Å². The normalized spacial score (nSPS) is 7.00. The summed E-state index contributed by atoms with van der Waals surface area (Å²) in [4.78, 5) is -0.0666. The van der Waals surface area contributed by atoms with E-state index in [4.69, 9.17) is 4.55 Å². The summed E-state index contributed by atoms with van der Waals surface area (Å²) in [7, 11) is -4.02. The molecule has 0 aliphatic heterocycles. The van der Waals surface area contributed by atoms with Crippen LogP contribution in [0.3, 0.4) is 0 Å². The van der Waals surface area contributed by atoms with Crippen molar-refractivity contribution in [1.29, 1.82) is 0 Å². The van der Waals surface area contributed by atoms with Crippen molar-refractivity contribution in [1.82, 2.24) is 0 Å². The summed E-state index contributed by atoms with van der Waals surface area (Å²) in [5, 5.41) is 0. The Morgan fingerprint density at radius 3 is 1.33 bits per heavy atom. The van der Waals surface area contributed by atoms with Crippen LogP contribution in [0.25, 0.3) is 0 Å². The summed E-state index contributed by atoms with van der Waals surface area (Å²) < 4.78 is 29.6. The molecule has 0 aliphatic rings. The number of hydrogen-bond acceptors (Lipinski definition) is 2. The Labute approximate surface area is 117 Å². The molecule has 0 unspecified atom stereocenters. The molecule has 0 heterocycles. The van der Waals surface area contributed by atoms with Gasteiger partial charge in [0.1, 0.15) is 0 Å². The maximum Gasteiger partial charge on any atom is 0.294 e. The largest absolute Gasteiger partial charge is 0.412 e. The Kier molecular flexibility index (Phi) is 39.6. The maximum absolute atomic E-state index is 10.5. The van der Waals surface area contributed by atoms with Crippen molar-refractivity contribution in [2.75, 3.05) is 0 Å². The zero-order valence-electron chi connectivity index (χ0n) is 9.69. The molecule has 1 aromatic rings. The Balaban J connectivity index is -0.0000000346. The molecule has 0 saturated heterocycles. The van der Waals surface area contributed by atoms with Crippen molar-refractivity contribution < 1.29 is 65.3 Å². The molecule has 1 rings (SSSR count). The molecular formula is C7H20O9SZn.